The molecule has 0 fully saturated rings. The van der Waals surface area contributed by atoms with Crippen LogP contribution in [0, 0.1) is 6.92 Å². The van der Waals surface area contributed by atoms with Crippen molar-refractivity contribution in [3.8, 4) is 11.5 Å². The molecule has 0 saturated heterocycles. The predicted octanol–water partition coefficient (Wildman–Crippen LogP) is 2.05. The Morgan fingerprint density at radius 1 is 0.765 bits per heavy atom. The summed E-state index contributed by atoms with van der Waals surface area (Å²) in [5.41, 5.74) is 1.10. The molecule has 4 nitrogen and oxygen atoms in total. The van der Waals surface area contributed by atoms with Gasteiger partial charge in [0.05, 0.1) is 13.2 Å². The van der Waals surface area contributed by atoms with Crippen LogP contribution in [-0.4, -0.2) is 40.6 Å². The van der Waals surface area contributed by atoms with Crippen LogP contribution < -0.4 is 9.47 Å². The maximum absolute atomic E-state index is 5.54. The molecule has 0 unspecified atom stereocenters. The van der Waals surface area contributed by atoms with Gasteiger partial charge in [-0.3, -0.25) is 0 Å². The van der Waals surface area contributed by atoms with Crippen molar-refractivity contribution in [2.75, 3.05) is 40.6 Å². The number of ether oxygens (including phenoxy) is 4. The highest BCUT2D eigenvalue weighted by Gasteiger charge is 2.01. The third-order valence-electron chi connectivity index (χ3n) is 2.14. The maximum atomic E-state index is 5.54. The van der Waals surface area contributed by atoms with Gasteiger partial charge in [-0.2, -0.15) is 0 Å². The van der Waals surface area contributed by atoms with Crippen LogP contribution in [0.2, 0.25) is 0 Å². The average Bonchev–Trinajstić information content (AvgIpc) is 2.29. The van der Waals surface area contributed by atoms with E-state index in [1.54, 1.807) is 14.2 Å². The summed E-state index contributed by atoms with van der Waals surface area (Å²) in [5, 5.41) is 0. The van der Waals surface area contributed by atoms with E-state index < -0.39 is 0 Å². The minimum absolute atomic E-state index is 0.539. The van der Waals surface area contributed by atoms with E-state index in [9.17, 15) is 0 Å². The zero-order valence-electron chi connectivity index (χ0n) is 10.7. The first-order chi connectivity index (χ1) is 8.26. The Labute approximate surface area is 102 Å². The molecule has 0 heterocycles. The van der Waals surface area contributed by atoms with Gasteiger partial charge in [0, 0.05) is 20.3 Å². The minimum atomic E-state index is 0.539. The van der Waals surface area contributed by atoms with Crippen molar-refractivity contribution in [2.24, 2.45) is 0 Å². The second-order valence-corrected chi connectivity index (χ2v) is 3.66. The van der Waals surface area contributed by atoms with Crippen molar-refractivity contribution >= 4 is 0 Å². The Hall–Kier alpha value is -1.26. The first-order valence-electron chi connectivity index (χ1n) is 5.61. The van der Waals surface area contributed by atoms with Crippen LogP contribution in [0.4, 0.5) is 0 Å². The highest BCUT2D eigenvalue weighted by atomic mass is 16.5. The summed E-state index contributed by atoms with van der Waals surface area (Å²) in [4.78, 5) is 0. The summed E-state index contributed by atoms with van der Waals surface area (Å²) in [6.45, 7) is 4.24. The van der Waals surface area contributed by atoms with Gasteiger partial charge in [-0.15, -0.1) is 0 Å². The zero-order chi connectivity index (χ0) is 12.5. The van der Waals surface area contributed by atoms with Gasteiger partial charge in [-0.25, -0.2) is 0 Å². The first-order valence-corrected chi connectivity index (χ1v) is 5.61. The summed E-state index contributed by atoms with van der Waals surface area (Å²) < 4.78 is 20.9. The molecule has 0 aliphatic rings. The number of rotatable bonds is 8. The SMILES string of the molecule is COCCOc1cc(C)cc(OCCOC)c1. The fourth-order valence-corrected chi connectivity index (χ4v) is 1.37. The van der Waals surface area contributed by atoms with Crippen LogP contribution in [-0.2, 0) is 9.47 Å². The molecule has 0 spiro atoms. The quantitative estimate of drug-likeness (QED) is 0.652. The molecule has 0 atom stereocenters. The van der Waals surface area contributed by atoms with Crippen LogP contribution >= 0.6 is 0 Å². The highest BCUT2D eigenvalue weighted by Crippen LogP contribution is 2.22. The van der Waals surface area contributed by atoms with Crippen LogP contribution in [0.25, 0.3) is 0 Å². The third-order valence-corrected chi connectivity index (χ3v) is 2.14. The zero-order valence-corrected chi connectivity index (χ0v) is 10.7. The number of aryl methyl sites for hydroxylation is 1. The summed E-state index contributed by atoms with van der Waals surface area (Å²) in [5.74, 6) is 1.60. The van der Waals surface area contributed by atoms with Gasteiger partial charge < -0.3 is 18.9 Å². The Morgan fingerprint density at radius 3 is 1.65 bits per heavy atom. The minimum Gasteiger partial charge on any atom is -0.491 e. The molecule has 0 aliphatic carbocycles. The molecule has 0 amide bonds. The van der Waals surface area contributed by atoms with Gasteiger partial charge in [-0.1, -0.05) is 0 Å². The summed E-state index contributed by atoms with van der Waals surface area (Å²) >= 11 is 0. The largest absolute Gasteiger partial charge is 0.491 e. The van der Waals surface area contributed by atoms with Crippen LogP contribution in [0.15, 0.2) is 18.2 Å². The Bertz CT molecular complexity index is 297. The average molecular weight is 240 g/mol. The molecule has 0 aliphatic heterocycles. The van der Waals surface area contributed by atoms with Gasteiger partial charge in [0.1, 0.15) is 24.7 Å². The Balaban J connectivity index is 2.53. The van der Waals surface area contributed by atoms with E-state index in [1.165, 1.54) is 0 Å². The Morgan fingerprint density at radius 2 is 1.24 bits per heavy atom. The van der Waals surface area contributed by atoms with E-state index in [4.69, 9.17) is 18.9 Å². The van der Waals surface area contributed by atoms with E-state index in [2.05, 4.69) is 0 Å². The molecule has 0 saturated carbocycles. The Kier molecular flexibility index (Phi) is 6.43. The molecule has 0 radical (unpaired) electrons. The van der Waals surface area contributed by atoms with Gasteiger partial charge in [0.2, 0.25) is 0 Å². The molecular weight excluding hydrogens is 220 g/mol. The maximum Gasteiger partial charge on any atom is 0.123 e. The molecule has 1 aromatic rings. The lowest BCUT2D eigenvalue weighted by Crippen LogP contribution is -2.06. The molecule has 96 valence electrons. The molecule has 17 heavy (non-hydrogen) atoms. The smallest absolute Gasteiger partial charge is 0.123 e. The van der Waals surface area contributed by atoms with Crippen molar-refractivity contribution in [1.82, 2.24) is 0 Å². The van der Waals surface area contributed by atoms with Crippen molar-refractivity contribution < 1.29 is 18.9 Å². The lowest BCUT2D eigenvalue weighted by molar-refractivity contribution is 0.142. The van der Waals surface area contributed by atoms with Gasteiger partial charge >= 0.3 is 0 Å². The van der Waals surface area contributed by atoms with Crippen molar-refractivity contribution in [3.05, 3.63) is 23.8 Å². The van der Waals surface area contributed by atoms with Crippen molar-refractivity contribution in [3.63, 3.8) is 0 Å². The highest BCUT2D eigenvalue weighted by molar-refractivity contribution is 5.37. The van der Waals surface area contributed by atoms with Crippen molar-refractivity contribution in [1.29, 1.82) is 0 Å². The van der Waals surface area contributed by atoms with E-state index in [-0.39, 0.29) is 0 Å². The molecule has 0 aromatic heterocycles. The standard InChI is InChI=1S/C13H20O4/c1-11-8-12(16-6-4-14-2)10-13(9-11)17-7-5-15-3/h8-10H,4-7H2,1-3H3. The summed E-state index contributed by atoms with van der Waals surface area (Å²) in [6.07, 6.45) is 0. The number of benzene rings is 1. The van der Waals surface area contributed by atoms with Crippen molar-refractivity contribution in [2.45, 2.75) is 6.92 Å². The normalized spacial score (nSPS) is 10.3. The predicted molar refractivity (Wildman–Crippen MR) is 65.9 cm³/mol. The molecule has 1 aromatic carbocycles. The third kappa shape index (κ3) is 5.56. The van der Waals surface area contributed by atoms with Crippen LogP contribution in [0.3, 0.4) is 0 Å². The van der Waals surface area contributed by atoms with Crippen LogP contribution in [0.1, 0.15) is 5.56 Å². The lowest BCUT2D eigenvalue weighted by Gasteiger charge is -2.10. The summed E-state index contributed by atoms with van der Waals surface area (Å²) in [7, 11) is 3.30. The fraction of sp³-hybridized carbons (Fsp3) is 0.538. The molecule has 0 bridgehead atoms. The number of methoxy groups -OCH3 is 2. The molecule has 4 heteroatoms. The number of hydrogen-bond acceptors (Lipinski definition) is 4. The molecular formula is C13H20O4. The molecule has 0 N–H and O–H groups in total. The van der Waals surface area contributed by atoms with E-state index in [0.717, 1.165) is 17.1 Å². The van der Waals surface area contributed by atoms with Crippen LogP contribution in [0.5, 0.6) is 11.5 Å². The van der Waals surface area contributed by atoms with Gasteiger partial charge in [0.25, 0.3) is 0 Å². The second-order valence-electron chi connectivity index (χ2n) is 3.66. The van der Waals surface area contributed by atoms with Gasteiger partial charge in [0.15, 0.2) is 0 Å². The van der Waals surface area contributed by atoms with E-state index in [1.807, 2.05) is 25.1 Å². The lowest BCUT2D eigenvalue weighted by atomic mass is 10.2. The van der Waals surface area contributed by atoms with E-state index >= 15 is 0 Å². The topological polar surface area (TPSA) is 36.9 Å². The van der Waals surface area contributed by atoms with E-state index in [0.29, 0.717) is 26.4 Å². The fourth-order valence-electron chi connectivity index (χ4n) is 1.37. The monoisotopic (exact) mass is 240 g/mol. The van der Waals surface area contributed by atoms with Gasteiger partial charge in [-0.05, 0) is 24.6 Å². The first kappa shape index (κ1) is 13.8. The summed E-state index contributed by atoms with van der Waals surface area (Å²) in [6, 6.07) is 5.82. The second kappa shape index (κ2) is 7.92. The molecule has 1 rings (SSSR count). The number of hydrogen-bond donors (Lipinski definition) is 0.